The van der Waals surface area contributed by atoms with Crippen molar-refractivity contribution < 1.29 is 49.0 Å². The average Bonchev–Trinajstić information content (AvgIpc) is 3.00. The second-order valence-electron chi connectivity index (χ2n) is 11.5. The summed E-state index contributed by atoms with van der Waals surface area (Å²) in [4.78, 5) is 0. The van der Waals surface area contributed by atoms with E-state index in [-0.39, 0.29) is 17.2 Å². The van der Waals surface area contributed by atoms with Gasteiger partial charge in [-0.1, -0.05) is 42.5 Å². The fraction of sp³-hybridized carbons (Fsp3) is 0.278. The molecule has 4 aromatic rings. The Morgan fingerprint density at radius 1 is 0.660 bits per heavy atom. The monoisotopic (exact) mass is 664 g/mol. The molecule has 1 aliphatic carbocycles. The lowest BCUT2D eigenvalue weighted by Gasteiger charge is -2.28. The van der Waals surface area contributed by atoms with Crippen LogP contribution in [0, 0.1) is 29.2 Å². The Morgan fingerprint density at radius 3 is 1.85 bits per heavy atom. The SMILES string of the molecule is C=CCCC1CCC(c2ccc(-c3ccc(-c4cc(F)c(C(F)(F)Oc5ccc(OC(F)(F)F)c(F)c5)c(F)c4)c(F)c3)cc2)CC1. The molecule has 47 heavy (non-hydrogen) atoms. The molecule has 0 unspecified atom stereocenters. The first-order valence-electron chi connectivity index (χ1n) is 14.9. The van der Waals surface area contributed by atoms with E-state index >= 15 is 4.39 Å². The maximum absolute atomic E-state index is 15.2. The highest BCUT2D eigenvalue weighted by molar-refractivity contribution is 5.71. The van der Waals surface area contributed by atoms with Crippen LogP contribution in [0.5, 0.6) is 11.5 Å². The van der Waals surface area contributed by atoms with Gasteiger partial charge in [0.25, 0.3) is 0 Å². The van der Waals surface area contributed by atoms with Crippen molar-refractivity contribution >= 4 is 0 Å². The molecule has 0 aromatic heterocycles. The molecule has 0 N–H and O–H groups in total. The van der Waals surface area contributed by atoms with Gasteiger partial charge in [-0.25, -0.2) is 17.6 Å². The lowest BCUT2D eigenvalue weighted by atomic mass is 9.77. The van der Waals surface area contributed by atoms with Crippen molar-refractivity contribution in [2.75, 3.05) is 0 Å². The number of halogens is 9. The van der Waals surface area contributed by atoms with Crippen LogP contribution in [-0.2, 0) is 6.11 Å². The van der Waals surface area contributed by atoms with Crippen molar-refractivity contribution in [3.05, 3.63) is 120 Å². The number of ether oxygens (including phenoxy) is 2. The predicted molar refractivity (Wildman–Crippen MR) is 159 cm³/mol. The van der Waals surface area contributed by atoms with E-state index < -0.39 is 52.8 Å². The Labute approximate surface area is 265 Å². The van der Waals surface area contributed by atoms with Crippen molar-refractivity contribution in [2.45, 2.75) is 56.9 Å². The lowest BCUT2D eigenvalue weighted by molar-refractivity contribution is -0.275. The minimum atomic E-state index is -5.25. The molecule has 11 heteroatoms. The Morgan fingerprint density at radius 2 is 1.28 bits per heavy atom. The molecule has 0 amide bonds. The van der Waals surface area contributed by atoms with Gasteiger partial charge in [-0.3, -0.25) is 0 Å². The summed E-state index contributed by atoms with van der Waals surface area (Å²) in [5.41, 5.74) is -0.0611. The number of allylic oxidation sites excluding steroid dienone is 1. The summed E-state index contributed by atoms with van der Waals surface area (Å²) in [7, 11) is 0. The Hall–Kier alpha value is -4.41. The van der Waals surface area contributed by atoms with Gasteiger partial charge in [-0.2, -0.15) is 8.78 Å². The van der Waals surface area contributed by atoms with Gasteiger partial charge in [0.15, 0.2) is 11.6 Å². The fourth-order valence-electron chi connectivity index (χ4n) is 5.97. The number of alkyl halides is 5. The van der Waals surface area contributed by atoms with E-state index in [1.54, 1.807) is 6.07 Å². The van der Waals surface area contributed by atoms with Gasteiger partial charge in [0.1, 0.15) is 28.8 Å². The van der Waals surface area contributed by atoms with Crippen molar-refractivity contribution in [2.24, 2.45) is 5.92 Å². The zero-order valence-corrected chi connectivity index (χ0v) is 24.8. The van der Waals surface area contributed by atoms with Crippen LogP contribution in [0.15, 0.2) is 85.5 Å². The van der Waals surface area contributed by atoms with Crippen LogP contribution in [0.3, 0.4) is 0 Å². The van der Waals surface area contributed by atoms with E-state index in [2.05, 4.69) is 16.1 Å². The molecule has 1 fully saturated rings. The first-order valence-corrected chi connectivity index (χ1v) is 14.9. The van der Waals surface area contributed by atoms with Gasteiger partial charge >= 0.3 is 12.5 Å². The van der Waals surface area contributed by atoms with Crippen molar-refractivity contribution in [3.63, 3.8) is 0 Å². The van der Waals surface area contributed by atoms with Crippen LogP contribution in [0.1, 0.15) is 55.6 Å². The van der Waals surface area contributed by atoms with Crippen LogP contribution < -0.4 is 9.47 Å². The molecule has 0 atom stereocenters. The number of benzene rings is 4. The molecule has 4 aromatic carbocycles. The summed E-state index contributed by atoms with van der Waals surface area (Å²) >= 11 is 0. The van der Waals surface area contributed by atoms with Gasteiger partial charge in [0.05, 0.1) is 0 Å². The Balaban J connectivity index is 1.30. The molecule has 0 aliphatic heterocycles. The quantitative estimate of drug-likeness (QED) is 0.124. The standard InChI is InChI=1S/C36H29F9O2/c1-2-3-4-21-5-7-22(8-6-21)23-9-11-24(12-10-23)25-13-15-28(29(37)17-25)26-18-31(39)34(32(40)19-26)35(41,42)46-27-14-16-33(30(38)20-27)47-36(43,44)45/h2,9-22H,1,3-8H2. The molecule has 0 spiro atoms. The number of hydrogen-bond donors (Lipinski definition) is 0. The molecule has 5 rings (SSSR count). The third-order valence-corrected chi connectivity index (χ3v) is 8.33. The zero-order chi connectivity index (χ0) is 33.9. The van der Waals surface area contributed by atoms with Gasteiger partial charge in [-0.05, 0) is 103 Å². The van der Waals surface area contributed by atoms with Gasteiger partial charge in [0.2, 0.25) is 0 Å². The van der Waals surface area contributed by atoms with E-state index in [0.29, 0.717) is 35.7 Å². The summed E-state index contributed by atoms with van der Waals surface area (Å²) in [6, 6.07) is 13.8. The summed E-state index contributed by atoms with van der Waals surface area (Å²) in [5.74, 6) is -7.34. The summed E-state index contributed by atoms with van der Waals surface area (Å²) in [6.07, 6.45) is -1.32. The van der Waals surface area contributed by atoms with E-state index in [0.717, 1.165) is 50.0 Å². The van der Waals surface area contributed by atoms with Crippen molar-refractivity contribution in [1.82, 2.24) is 0 Å². The molecule has 248 valence electrons. The normalized spacial score (nSPS) is 17.0. The number of rotatable bonds is 10. The molecule has 2 nitrogen and oxygen atoms in total. The lowest BCUT2D eigenvalue weighted by Crippen LogP contribution is -2.25. The molecular formula is C36H29F9O2. The second kappa shape index (κ2) is 13.8. The van der Waals surface area contributed by atoms with Gasteiger partial charge in [0, 0.05) is 11.6 Å². The third-order valence-electron chi connectivity index (χ3n) is 8.33. The van der Waals surface area contributed by atoms with E-state index in [9.17, 15) is 35.1 Å². The van der Waals surface area contributed by atoms with E-state index in [1.165, 1.54) is 17.7 Å². The largest absolute Gasteiger partial charge is 0.573 e. The molecular weight excluding hydrogens is 635 g/mol. The second-order valence-corrected chi connectivity index (χ2v) is 11.5. The molecule has 0 bridgehead atoms. The van der Waals surface area contributed by atoms with E-state index in [4.69, 9.17) is 0 Å². The molecule has 1 aliphatic rings. The van der Waals surface area contributed by atoms with Crippen LogP contribution in [0.25, 0.3) is 22.3 Å². The summed E-state index contributed by atoms with van der Waals surface area (Å²) in [6.45, 7) is 3.79. The van der Waals surface area contributed by atoms with Crippen LogP contribution in [-0.4, -0.2) is 6.36 Å². The molecule has 0 saturated heterocycles. The third kappa shape index (κ3) is 8.12. The summed E-state index contributed by atoms with van der Waals surface area (Å²) in [5, 5.41) is 0. The zero-order valence-electron chi connectivity index (χ0n) is 24.8. The fourth-order valence-corrected chi connectivity index (χ4v) is 5.97. The van der Waals surface area contributed by atoms with Gasteiger partial charge < -0.3 is 9.47 Å². The molecule has 0 heterocycles. The maximum atomic E-state index is 15.2. The highest BCUT2D eigenvalue weighted by Gasteiger charge is 2.42. The average molecular weight is 665 g/mol. The van der Waals surface area contributed by atoms with Crippen molar-refractivity contribution in [3.8, 4) is 33.8 Å². The Bertz CT molecular complexity index is 1700. The van der Waals surface area contributed by atoms with Crippen LogP contribution >= 0.6 is 0 Å². The smallest absolute Gasteiger partial charge is 0.429 e. The first-order chi connectivity index (χ1) is 22.2. The Kier molecular flexibility index (Phi) is 9.93. The minimum absolute atomic E-state index is 0.139. The van der Waals surface area contributed by atoms with Crippen LogP contribution in [0.4, 0.5) is 39.5 Å². The first kappa shape index (κ1) is 33.9. The summed E-state index contributed by atoms with van der Waals surface area (Å²) < 4.78 is 133. The topological polar surface area (TPSA) is 18.5 Å². The minimum Gasteiger partial charge on any atom is -0.429 e. The highest BCUT2D eigenvalue weighted by atomic mass is 19.4. The molecule has 0 radical (unpaired) electrons. The predicted octanol–water partition coefficient (Wildman–Crippen LogP) is 11.8. The van der Waals surface area contributed by atoms with Crippen LogP contribution in [0.2, 0.25) is 0 Å². The molecule has 1 saturated carbocycles. The highest BCUT2D eigenvalue weighted by Crippen LogP contribution is 2.40. The number of hydrogen-bond acceptors (Lipinski definition) is 2. The van der Waals surface area contributed by atoms with Crippen molar-refractivity contribution in [1.29, 1.82) is 0 Å². The van der Waals surface area contributed by atoms with Gasteiger partial charge in [-0.15, -0.1) is 19.8 Å². The van der Waals surface area contributed by atoms with E-state index in [1.807, 2.05) is 30.3 Å². The maximum Gasteiger partial charge on any atom is 0.573 e.